The van der Waals surface area contributed by atoms with E-state index < -0.39 is 0 Å². The first-order valence-electron chi connectivity index (χ1n) is 4.38. The second kappa shape index (κ2) is 3.94. The van der Waals surface area contributed by atoms with Crippen molar-refractivity contribution in [3.63, 3.8) is 0 Å². The molecule has 1 heterocycles. The largest absolute Gasteiger partial charge is 0.472 e. The third-order valence-electron chi connectivity index (χ3n) is 2.45. The predicted octanol–water partition coefficient (Wildman–Crippen LogP) is 1.57. The van der Waals surface area contributed by atoms with Crippen LogP contribution in [0.4, 0.5) is 0 Å². The molecule has 13 heavy (non-hydrogen) atoms. The first-order valence-corrected chi connectivity index (χ1v) is 4.38. The Morgan fingerprint density at radius 2 is 2.31 bits per heavy atom. The zero-order valence-corrected chi connectivity index (χ0v) is 8.41. The van der Waals surface area contributed by atoms with Gasteiger partial charge in [-0.15, -0.1) is 0 Å². The van der Waals surface area contributed by atoms with Crippen LogP contribution in [0.25, 0.3) is 0 Å². The van der Waals surface area contributed by atoms with Crippen LogP contribution in [0.15, 0.2) is 23.0 Å². The lowest BCUT2D eigenvalue weighted by Crippen LogP contribution is -2.46. The molecular formula is C10H17NO2. The lowest BCUT2D eigenvalue weighted by Gasteiger charge is -2.29. The number of nitrogens with two attached hydrogens (primary N) is 1. The molecule has 0 aliphatic carbocycles. The van der Waals surface area contributed by atoms with Crippen LogP contribution >= 0.6 is 0 Å². The summed E-state index contributed by atoms with van der Waals surface area (Å²) in [5, 5.41) is 0. The van der Waals surface area contributed by atoms with E-state index in [9.17, 15) is 0 Å². The average Bonchev–Trinajstić information content (AvgIpc) is 2.57. The van der Waals surface area contributed by atoms with Crippen LogP contribution < -0.4 is 5.73 Å². The highest BCUT2D eigenvalue weighted by molar-refractivity contribution is 5.08. The van der Waals surface area contributed by atoms with Gasteiger partial charge in [-0.3, -0.25) is 0 Å². The van der Waals surface area contributed by atoms with Crippen LogP contribution in [0.3, 0.4) is 0 Å². The number of hydrogen-bond donors (Lipinski definition) is 1. The molecule has 0 saturated heterocycles. The number of hydrogen-bond acceptors (Lipinski definition) is 3. The first kappa shape index (κ1) is 10.3. The fraction of sp³-hybridized carbons (Fsp3) is 0.600. The highest BCUT2D eigenvalue weighted by atomic mass is 16.5. The Balaban J connectivity index is 2.55. The summed E-state index contributed by atoms with van der Waals surface area (Å²) in [7, 11) is 1.68. The fourth-order valence-electron chi connectivity index (χ4n) is 1.06. The molecule has 0 aromatic carbocycles. The van der Waals surface area contributed by atoms with E-state index in [4.69, 9.17) is 14.9 Å². The van der Waals surface area contributed by atoms with E-state index in [2.05, 4.69) is 0 Å². The second-order valence-corrected chi connectivity index (χ2v) is 3.75. The van der Waals surface area contributed by atoms with E-state index in [1.807, 2.05) is 19.9 Å². The Morgan fingerprint density at radius 1 is 1.62 bits per heavy atom. The second-order valence-electron chi connectivity index (χ2n) is 3.75. The third-order valence-corrected chi connectivity index (χ3v) is 2.45. The van der Waals surface area contributed by atoms with Gasteiger partial charge in [-0.05, 0) is 31.9 Å². The van der Waals surface area contributed by atoms with Gasteiger partial charge in [0.05, 0.1) is 18.1 Å². The molecule has 0 radical (unpaired) electrons. The zero-order valence-electron chi connectivity index (χ0n) is 8.41. The van der Waals surface area contributed by atoms with Crippen molar-refractivity contribution in [3.05, 3.63) is 24.2 Å². The maximum absolute atomic E-state index is 5.99. The van der Waals surface area contributed by atoms with Crippen molar-refractivity contribution in [2.75, 3.05) is 7.11 Å². The van der Waals surface area contributed by atoms with E-state index >= 15 is 0 Å². The topological polar surface area (TPSA) is 48.4 Å². The SMILES string of the molecule is COC(C)(C)C(N)Cc1ccoc1. The molecule has 0 bridgehead atoms. The number of methoxy groups -OCH3 is 1. The Labute approximate surface area is 78.9 Å². The Bertz CT molecular complexity index is 241. The van der Waals surface area contributed by atoms with Gasteiger partial charge in [0.2, 0.25) is 0 Å². The van der Waals surface area contributed by atoms with Crippen LogP contribution in [-0.2, 0) is 11.2 Å². The number of furan rings is 1. The Kier molecular flexibility index (Phi) is 3.12. The summed E-state index contributed by atoms with van der Waals surface area (Å²) >= 11 is 0. The molecule has 3 heteroatoms. The van der Waals surface area contributed by atoms with Crippen molar-refractivity contribution in [2.45, 2.75) is 31.9 Å². The van der Waals surface area contributed by atoms with Gasteiger partial charge in [0.15, 0.2) is 0 Å². The van der Waals surface area contributed by atoms with Crippen molar-refractivity contribution >= 4 is 0 Å². The molecule has 3 nitrogen and oxygen atoms in total. The fourth-order valence-corrected chi connectivity index (χ4v) is 1.06. The maximum atomic E-state index is 5.99. The highest BCUT2D eigenvalue weighted by Gasteiger charge is 2.25. The molecule has 1 unspecified atom stereocenters. The van der Waals surface area contributed by atoms with E-state index in [0.29, 0.717) is 0 Å². The molecule has 1 rings (SSSR count). The van der Waals surface area contributed by atoms with E-state index in [0.717, 1.165) is 12.0 Å². The summed E-state index contributed by atoms with van der Waals surface area (Å²) in [6, 6.07) is 1.90. The molecular weight excluding hydrogens is 166 g/mol. The lowest BCUT2D eigenvalue weighted by atomic mass is 9.94. The average molecular weight is 183 g/mol. The van der Waals surface area contributed by atoms with Crippen LogP contribution in [0.1, 0.15) is 19.4 Å². The van der Waals surface area contributed by atoms with Gasteiger partial charge in [-0.1, -0.05) is 0 Å². The number of ether oxygens (including phenoxy) is 1. The summed E-state index contributed by atoms with van der Waals surface area (Å²) in [6.07, 6.45) is 4.14. The molecule has 0 saturated carbocycles. The molecule has 2 N–H and O–H groups in total. The van der Waals surface area contributed by atoms with E-state index in [1.165, 1.54) is 0 Å². The van der Waals surface area contributed by atoms with Gasteiger partial charge in [-0.25, -0.2) is 0 Å². The summed E-state index contributed by atoms with van der Waals surface area (Å²) in [5.41, 5.74) is 6.80. The summed E-state index contributed by atoms with van der Waals surface area (Å²) < 4.78 is 10.3. The van der Waals surface area contributed by atoms with E-state index in [1.54, 1.807) is 19.6 Å². The Morgan fingerprint density at radius 3 is 2.77 bits per heavy atom. The van der Waals surface area contributed by atoms with Crippen molar-refractivity contribution < 1.29 is 9.15 Å². The van der Waals surface area contributed by atoms with Crippen LogP contribution in [0, 0.1) is 0 Å². The minimum Gasteiger partial charge on any atom is -0.472 e. The molecule has 0 amide bonds. The standard InChI is InChI=1S/C10H17NO2/c1-10(2,12-3)9(11)6-8-4-5-13-7-8/h4-5,7,9H,6,11H2,1-3H3. The normalized spacial score (nSPS) is 14.5. The van der Waals surface area contributed by atoms with Crippen molar-refractivity contribution in [1.29, 1.82) is 0 Å². The van der Waals surface area contributed by atoms with Gasteiger partial charge in [0.1, 0.15) is 0 Å². The molecule has 1 aromatic heterocycles. The molecule has 0 aliphatic heterocycles. The summed E-state index contributed by atoms with van der Waals surface area (Å²) in [6.45, 7) is 3.97. The molecule has 1 atom stereocenters. The molecule has 1 aromatic rings. The van der Waals surface area contributed by atoms with Crippen molar-refractivity contribution in [2.24, 2.45) is 5.73 Å². The molecule has 0 aliphatic rings. The third kappa shape index (κ3) is 2.57. The monoisotopic (exact) mass is 183 g/mol. The maximum Gasteiger partial charge on any atom is 0.0935 e. The van der Waals surface area contributed by atoms with Gasteiger partial charge in [-0.2, -0.15) is 0 Å². The first-order chi connectivity index (χ1) is 6.06. The lowest BCUT2D eigenvalue weighted by molar-refractivity contribution is 0.000781. The highest BCUT2D eigenvalue weighted by Crippen LogP contribution is 2.16. The minimum atomic E-state index is -0.294. The smallest absolute Gasteiger partial charge is 0.0935 e. The van der Waals surface area contributed by atoms with Crippen molar-refractivity contribution in [1.82, 2.24) is 0 Å². The quantitative estimate of drug-likeness (QED) is 0.770. The summed E-state index contributed by atoms with van der Waals surface area (Å²) in [4.78, 5) is 0. The van der Waals surface area contributed by atoms with Crippen LogP contribution in [0.5, 0.6) is 0 Å². The predicted molar refractivity (Wildman–Crippen MR) is 51.5 cm³/mol. The zero-order chi connectivity index (χ0) is 9.90. The van der Waals surface area contributed by atoms with E-state index in [-0.39, 0.29) is 11.6 Å². The van der Waals surface area contributed by atoms with Crippen LogP contribution in [-0.4, -0.2) is 18.8 Å². The number of rotatable bonds is 4. The van der Waals surface area contributed by atoms with Crippen molar-refractivity contribution in [3.8, 4) is 0 Å². The minimum absolute atomic E-state index is 0.0184. The Hall–Kier alpha value is -0.800. The van der Waals surface area contributed by atoms with Gasteiger partial charge >= 0.3 is 0 Å². The van der Waals surface area contributed by atoms with Gasteiger partial charge in [0, 0.05) is 13.2 Å². The summed E-state index contributed by atoms with van der Waals surface area (Å²) in [5.74, 6) is 0. The van der Waals surface area contributed by atoms with Gasteiger partial charge in [0.25, 0.3) is 0 Å². The molecule has 0 spiro atoms. The molecule has 0 fully saturated rings. The van der Waals surface area contributed by atoms with Crippen LogP contribution in [0.2, 0.25) is 0 Å². The molecule has 74 valence electrons. The van der Waals surface area contributed by atoms with Gasteiger partial charge < -0.3 is 14.9 Å².